The normalized spacial score (nSPS) is 36.7. The summed E-state index contributed by atoms with van der Waals surface area (Å²) >= 11 is 2.00. The molecule has 0 aromatic heterocycles. The van der Waals surface area contributed by atoms with Gasteiger partial charge in [0, 0.05) is 25.4 Å². The molecule has 1 unspecified atom stereocenters. The summed E-state index contributed by atoms with van der Waals surface area (Å²) < 4.78 is 0. The smallest absolute Gasteiger partial charge is 0.159 e. The predicted octanol–water partition coefficient (Wildman–Crippen LogP) is 2.74. The van der Waals surface area contributed by atoms with Gasteiger partial charge in [0.25, 0.3) is 0 Å². The molecule has 0 N–H and O–H groups in total. The van der Waals surface area contributed by atoms with Crippen LogP contribution in [0.1, 0.15) is 38.5 Å². The fourth-order valence-corrected chi connectivity index (χ4v) is 4.02. The van der Waals surface area contributed by atoms with Crippen molar-refractivity contribution in [3.63, 3.8) is 0 Å². The Bertz CT molecular complexity index is 227. The van der Waals surface area contributed by atoms with E-state index in [0.717, 1.165) is 11.3 Å². The fraction of sp³-hybridized carbons (Fsp3) is 0.909. The van der Waals surface area contributed by atoms with Gasteiger partial charge < -0.3 is 4.90 Å². The molecule has 2 nitrogen and oxygen atoms in total. The maximum atomic E-state index is 4.36. The van der Waals surface area contributed by atoms with Crippen molar-refractivity contribution in [2.75, 3.05) is 14.1 Å². The Balaban J connectivity index is 2.07. The summed E-state index contributed by atoms with van der Waals surface area (Å²) in [5.41, 5.74) is 0. The van der Waals surface area contributed by atoms with Crippen molar-refractivity contribution in [1.29, 1.82) is 0 Å². The Morgan fingerprint density at radius 1 is 1.21 bits per heavy atom. The summed E-state index contributed by atoms with van der Waals surface area (Å²) in [5, 5.41) is 2.07. The Hall–Kier alpha value is -0.180. The zero-order chi connectivity index (χ0) is 9.97. The maximum absolute atomic E-state index is 4.36. The number of hydrogen-bond acceptors (Lipinski definition) is 2. The van der Waals surface area contributed by atoms with Crippen LogP contribution in [0.25, 0.3) is 0 Å². The summed E-state index contributed by atoms with van der Waals surface area (Å²) in [6.45, 7) is 0. The molecule has 2 aliphatic rings. The van der Waals surface area contributed by atoms with Gasteiger partial charge in [0.15, 0.2) is 5.17 Å². The molecule has 0 amide bonds. The molecule has 1 saturated heterocycles. The third-order valence-corrected chi connectivity index (χ3v) is 4.95. The van der Waals surface area contributed by atoms with Crippen molar-refractivity contribution < 1.29 is 0 Å². The van der Waals surface area contributed by atoms with Gasteiger partial charge in [-0.25, -0.2) is 0 Å². The van der Waals surface area contributed by atoms with E-state index in [1.807, 2.05) is 18.8 Å². The Labute approximate surface area is 91.2 Å². The summed E-state index contributed by atoms with van der Waals surface area (Å²) in [4.78, 5) is 6.76. The Morgan fingerprint density at radius 2 is 1.93 bits per heavy atom. The molecule has 0 aromatic carbocycles. The lowest BCUT2D eigenvalue weighted by molar-refractivity contribution is 0.318. The standard InChI is InChI=1S/C11H20N2S/c1-12-11-13(2)9-7-5-3-4-6-8-10(9)14-11/h9-10H,3-8H2,1-2H3/t9?,10-/m0/s1. The van der Waals surface area contributed by atoms with Crippen LogP contribution in [0.5, 0.6) is 0 Å². The summed E-state index contributed by atoms with van der Waals surface area (Å²) in [5.74, 6) is 0. The number of hydrogen-bond donors (Lipinski definition) is 0. The SMILES string of the molecule is CN=C1S[C@H]2CCCCCCC2N1C. The van der Waals surface area contributed by atoms with E-state index in [0.29, 0.717) is 0 Å². The molecular weight excluding hydrogens is 192 g/mol. The van der Waals surface area contributed by atoms with Crippen LogP contribution in [0.2, 0.25) is 0 Å². The zero-order valence-electron chi connectivity index (χ0n) is 9.20. The van der Waals surface area contributed by atoms with Gasteiger partial charge >= 0.3 is 0 Å². The molecule has 1 aliphatic heterocycles. The minimum Gasteiger partial charge on any atom is -0.350 e. The Kier molecular flexibility index (Phi) is 3.37. The Morgan fingerprint density at radius 3 is 2.64 bits per heavy atom. The third-order valence-electron chi connectivity index (χ3n) is 3.41. The van der Waals surface area contributed by atoms with Crippen LogP contribution in [-0.2, 0) is 0 Å². The van der Waals surface area contributed by atoms with E-state index in [4.69, 9.17) is 0 Å². The zero-order valence-corrected chi connectivity index (χ0v) is 10.0. The molecule has 0 bridgehead atoms. The van der Waals surface area contributed by atoms with E-state index in [-0.39, 0.29) is 0 Å². The first-order valence-electron chi connectivity index (χ1n) is 5.69. The number of nitrogens with zero attached hydrogens (tertiary/aromatic N) is 2. The highest BCUT2D eigenvalue weighted by molar-refractivity contribution is 8.14. The molecular formula is C11H20N2S. The molecule has 3 heteroatoms. The average Bonchev–Trinajstić information content (AvgIpc) is 2.42. The molecule has 1 heterocycles. The van der Waals surface area contributed by atoms with Crippen LogP contribution >= 0.6 is 11.8 Å². The third kappa shape index (κ3) is 1.92. The van der Waals surface area contributed by atoms with Crippen molar-refractivity contribution in [2.24, 2.45) is 4.99 Å². The first-order valence-corrected chi connectivity index (χ1v) is 6.57. The minimum absolute atomic E-state index is 0.763. The lowest BCUT2D eigenvalue weighted by Gasteiger charge is -2.26. The van der Waals surface area contributed by atoms with E-state index in [1.165, 1.54) is 43.7 Å². The first-order chi connectivity index (χ1) is 6.83. The highest BCUT2D eigenvalue weighted by atomic mass is 32.2. The largest absolute Gasteiger partial charge is 0.350 e. The van der Waals surface area contributed by atoms with Crippen LogP contribution in [0.15, 0.2) is 4.99 Å². The summed E-state index contributed by atoms with van der Waals surface area (Å²) in [7, 11) is 4.12. The van der Waals surface area contributed by atoms with Gasteiger partial charge in [-0.3, -0.25) is 4.99 Å². The molecule has 0 radical (unpaired) electrons. The van der Waals surface area contributed by atoms with Crippen molar-refractivity contribution in [1.82, 2.24) is 4.90 Å². The molecule has 14 heavy (non-hydrogen) atoms. The van der Waals surface area contributed by atoms with E-state index < -0.39 is 0 Å². The molecule has 0 spiro atoms. The quantitative estimate of drug-likeness (QED) is 0.613. The molecule has 2 fully saturated rings. The van der Waals surface area contributed by atoms with Crippen LogP contribution in [0.4, 0.5) is 0 Å². The second kappa shape index (κ2) is 4.56. The van der Waals surface area contributed by atoms with Crippen LogP contribution in [0.3, 0.4) is 0 Å². The average molecular weight is 212 g/mol. The van der Waals surface area contributed by atoms with Crippen LogP contribution < -0.4 is 0 Å². The van der Waals surface area contributed by atoms with Gasteiger partial charge in [-0.2, -0.15) is 0 Å². The van der Waals surface area contributed by atoms with Gasteiger partial charge in [-0.15, -0.1) is 0 Å². The number of fused-ring (bicyclic) bond motifs is 1. The first kappa shape index (κ1) is 10.3. The highest BCUT2D eigenvalue weighted by Crippen LogP contribution is 2.37. The highest BCUT2D eigenvalue weighted by Gasteiger charge is 2.36. The topological polar surface area (TPSA) is 15.6 Å². The van der Waals surface area contributed by atoms with Gasteiger partial charge in [-0.1, -0.05) is 37.4 Å². The van der Waals surface area contributed by atoms with Gasteiger partial charge in [0.1, 0.15) is 0 Å². The molecule has 2 atom stereocenters. The van der Waals surface area contributed by atoms with Gasteiger partial charge in [-0.05, 0) is 12.8 Å². The van der Waals surface area contributed by atoms with Gasteiger partial charge in [0.05, 0.1) is 0 Å². The van der Waals surface area contributed by atoms with E-state index >= 15 is 0 Å². The number of amidine groups is 1. The summed E-state index contributed by atoms with van der Waals surface area (Å²) in [6.07, 6.45) is 8.44. The lowest BCUT2D eigenvalue weighted by Crippen LogP contribution is -2.34. The number of rotatable bonds is 0. The minimum atomic E-state index is 0.763. The monoisotopic (exact) mass is 212 g/mol. The van der Waals surface area contributed by atoms with Crippen molar-refractivity contribution in [3.05, 3.63) is 0 Å². The van der Waals surface area contributed by atoms with Gasteiger partial charge in [0.2, 0.25) is 0 Å². The number of aliphatic imine (C=N–C) groups is 1. The van der Waals surface area contributed by atoms with E-state index in [9.17, 15) is 0 Å². The summed E-state index contributed by atoms with van der Waals surface area (Å²) in [6, 6.07) is 0.763. The molecule has 0 aromatic rings. The lowest BCUT2D eigenvalue weighted by atomic mass is 9.96. The van der Waals surface area contributed by atoms with Crippen molar-refractivity contribution >= 4 is 16.9 Å². The number of thioether (sulfide) groups is 1. The molecule has 1 saturated carbocycles. The van der Waals surface area contributed by atoms with E-state index in [2.05, 4.69) is 16.9 Å². The second-order valence-corrected chi connectivity index (χ2v) is 5.54. The van der Waals surface area contributed by atoms with E-state index in [1.54, 1.807) is 0 Å². The van der Waals surface area contributed by atoms with Crippen molar-refractivity contribution in [2.45, 2.75) is 49.8 Å². The second-order valence-electron chi connectivity index (χ2n) is 4.33. The molecule has 80 valence electrons. The fourth-order valence-electron chi connectivity index (χ4n) is 2.58. The predicted molar refractivity (Wildman–Crippen MR) is 64.0 cm³/mol. The molecule has 1 aliphatic carbocycles. The molecule has 2 rings (SSSR count). The van der Waals surface area contributed by atoms with Crippen LogP contribution in [0, 0.1) is 0 Å². The van der Waals surface area contributed by atoms with Crippen molar-refractivity contribution in [3.8, 4) is 0 Å². The van der Waals surface area contributed by atoms with Crippen LogP contribution in [-0.4, -0.2) is 35.5 Å². The maximum Gasteiger partial charge on any atom is 0.159 e.